The lowest BCUT2D eigenvalue weighted by molar-refractivity contribution is -0.145. The molecule has 1 aliphatic carbocycles. The van der Waals surface area contributed by atoms with Gasteiger partial charge in [-0.05, 0) is 49.2 Å². The lowest BCUT2D eigenvalue weighted by Crippen LogP contribution is -2.44. The summed E-state index contributed by atoms with van der Waals surface area (Å²) in [4.78, 5) is 24.3. The molecule has 5 nitrogen and oxygen atoms in total. The van der Waals surface area contributed by atoms with E-state index in [1.165, 1.54) is 0 Å². The van der Waals surface area contributed by atoms with Gasteiger partial charge in [-0.15, -0.1) is 0 Å². The molecule has 0 aliphatic heterocycles. The summed E-state index contributed by atoms with van der Waals surface area (Å²) in [7, 11) is 0. The number of hydrogen-bond acceptors (Lipinski definition) is 4. The molecule has 0 aromatic carbocycles. The van der Waals surface area contributed by atoms with Gasteiger partial charge in [0.2, 0.25) is 0 Å². The number of allylic oxidation sites excluding steroid dienone is 2. The highest BCUT2D eigenvalue weighted by Gasteiger charge is 2.48. The quantitative estimate of drug-likeness (QED) is 0.281. The number of hydrogen-bond donors (Lipinski definition) is 1. The Morgan fingerprint density at radius 1 is 1.17 bits per heavy atom. The number of carboxylic acid groups (broad SMARTS) is 1. The Morgan fingerprint density at radius 2 is 1.86 bits per heavy atom. The first-order chi connectivity index (χ1) is 13.6. The van der Waals surface area contributed by atoms with Crippen molar-refractivity contribution in [3.8, 4) is 0 Å². The second-order valence-electron chi connectivity index (χ2n) is 8.78. The van der Waals surface area contributed by atoms with E-state index in [4.69, 9.17) is 21.1 Å². The van der Waals surface area contributed by atoms with Gasteiger partial charge in [-0.1, -0.05) is 65.1 Å². The first-order valence-corrected chi connectivity index (χ1v) is 11.1. The van der Waals surface area contributed by atoms with Crippen molar-refractivity contribution in [2.75, 3.05) is 13.2 Å². The van der Waals surface area contributed by atoms with Gasteiger partial charge < -0.3 is 14.6 Å². The molecule has 0 saturated carbocycles. The van der Waals surface area contributed by atoms with Gasteiger partial charge in [-0.25, -0.2) is 4.79 Å². The van der Waals surface area contributed by atoms with Crippen LogP contribution in [0.5, 0.6) is 0 Å². The van der Waals surface area contributed by atoms with Crippen LogP contribution in [-0.4, -0.2) is 30.4 Å². The second kappa shape index (κ2) is 12.3. The number of carbonyl (C=O) groups excluding carboxylic acids is 1. The van der Waals surface area contributed by atoms with E-state index in [0.717, 1.165) is 31.3 Å². The Kier molecular flexibility index (Phi) is 10.8. The topological polar surface area (TPSA) is 72.8 Å². The summed E-state index contributed by atoms with van der Waals surface area (Å²) < 4.78 is 10.6. The Balaban J connectivity index is 3.18. The molecule has 0 heterocycles. The molecule has 0 radical (unpaired) electrons. The molecule has 0 amide bonds. The van der Waals surface area contributed by atoms with Crippen molar-refractivity contribution in [2.45, 2.75) is 73.1 Å². The first kappa shape index (κ1) is 25.5. The highest BCUT2D eigenvalue weighted by Crippen LogP contribution is 2.50. The number of aliphatic carboxylic acids is 1. The van der Waals surface area contributed by atoms with Crippen LogP contribution in [0.4, 0.5) is 4.79 Å². The van der Waals surface area contributed by atoms with E-state index < -0.39 is 23.5 Å². The van der Waals surface area contributed by atoms with Crippen molar-refractivity contribution in [1.82, 2.24) is 0 Å². The van der Waals surface area contributed by atoms with Gasteiger partial charge in [-0.2, -0.15) is 0 Å². The molecule has 6 heteroatoms. The van der Waals surface area contributed by atoms with E-state index in [1.807, 2.05) is 20.8 Å². The van der Waals surface area contributed by atoms with Crippen LogP contribution in [0.15, 0.2) is 22.8 Å². The Morgan fingerprint density at radius 3 is 2.41 bits per heavy atom. The van der Waals surface area contributed by atoms with E-state index in [2.05, 4.69) is 13.8 Å². The van der Waals surface area contributed by atoms with Gasteiger partial charge in [0.05, 0.1) is 12.5 Å². The van der Waals surface area contributed by atoms with E-state index in [0.29, 0.717) is 30.4 Å². The standard InChI is InChI=1S/C23H37ClO5/c1-6-7-13-28-22(27)29-15-23(14-17(4)5)18(10-8-9-16(2)3)20(24)12-11-19(23)21(25)26/h11-12,16-17,19H,6-10,13-15H2,1-5H3,(H,25,26). The molecule has 1 aliphatic rings. The number of rotatable bonds is 12. The van der Waals surface area contributed by atoms with E-state index in [-0.39, 0.29) is 12.5 Å². The highest BCUT2D eigenvalue weighted by molar-refractivity contribution is 6.31. The molecule has 0 fully saturated rings. The lowest BCUT2D eigenvalue weighted by Gasteiger charge is -2.43. The lowest BCUT2D eigenvalue weighted by atomic mass is 9.62. The molecule has 0 spiro atoms. The SMILES string of the molecule is CCCCOC(=O)OCC1(CC(C)C)C(CCCC(C)C)=C(Cl)C=CC1C(=O)O. The van der Waals surface area contributed by atoms with Crippen LogP contribution in [0.3, 0.4) is 0 Å². The summed E-state index contributed by atoms with van der Waals surface area (Å²) >= 11 is 6.58. The molecule has 2 atom stereocenters. The third-order valence-electron chi connectivity index (χ3n) is 5.33. The van der Waals surface area contributed by atoms with E-state index in [1.54, 1.807) is 12.2 Å². The van der Waals surface area contributed by atoms with Crippen LogP contribution in [-0.2, 0) is 14.3 Å². The maximum absolute atomic E-state index is 12.2. The van der Waals surface area contributed by atoms with Crippen LogP contribution in [0.25, 0.3) is 0 Å². The van der Waals surface area contributed by atoms with Crippen molar-refractivity contribution in [2.24, 2.45) is 23.2 Å². The zero-order valence-corrected chi connectivity index (χ0v) is 19.3. The summed E-state index contributed by atoms with van der Waals surface area (Å²) in [5.74, 6) is -0.985. The molecule has 0 aromatic heterocycles. The second-order valence-corrected chi connectivity index (χ2v) is 9.19. The largest absolute Gasteiger partial charge is 0.508 e. The number of carboxylic acids is 1. The summed E-state index contributed by atoms with van der Waals surface area (Å²) in [5, 5.41) is 10.5. The maximum Gasteiger partial charge on any atom is 0.508 e. The molecule has 2 unspecified atom stereocenters. The van der Waals surface area contributed by atoms with Crippen LogP contribution < -0.4 is 0 Å². The van der Waals surface area contributed by atoms with E-state index >= 15 is 0 Å². The fourth-order valence-electron chi connectivity index (χ4n) is 4.01. The van der Waals surface area contributed by atoms with Crippen molar-refractivity contribution in [3.63, 3.8) is 0 Å². The van der Waals surface area contributed by atoms with Crippen LogP contribution >= 0.6 is 11.6 Å². The number of halogens is 1. The molecule has 1 N–H and O–H groups in total. The predicted molar refractivity (Wildman–Crippen MR) is 116 cm³/mol. The smallest absolute Gasteiger partial charge is 0.481 e. The van der Waals surface area contributed by atoms with Gasteiger partial charge in [0.25, 0.3) is 0 Å². The number of unbranched alkanes of at least 4 members (excludes halogenated alkanes) is 1. The third-order valence-corrected chi connectivity index (χ3v) is 5.69. The molecule has 0 saturated heterocycles. The molecular formula is C23H37ClO5. The molecule has 29 heavy (non-hydrogen) atoms. The Bertz CT molecular complexity index is 608. The molecule has 0 bridgehead atoms. The fourth-order valence-corrected chi connectivity index (χ4v) is 4.36. The fraction of sp³-hybridized carbons (Fsp3) is 0.739. The zero-order chi connectivity index (χ0) is 22.0. The molecule has 0 aromatic rings. The minimum absolute atomic E-state index is 0.0509. The van der Waals surface area contributed by atoms with Crippen molar-refractivity contribution in [3.05, 3.63) is 22.8 Å². The van der Waals surface area contributed by atoms with Crippen LogP contribution in [0.2, 0.25) is 0 Å². The maximum atomic E-state index is 12.2. The Hall–Kier alpha value is -1.49. The summed E-state index contributed by atoms with van der Waals surface area (Å²) in [6, 6.07) is 0. The Labute approximate surface area is 180 Å². The minimum atomic E-state index is -0.935. The minimum Gasteiger partial charge on any atom is -0.481 e. The van der Waals surface area contributed by atoms with Gasteiger partial charge in [0.15, 0.2) is 0 Å². The average molecular weight is 429 g/mol. The van der Waals surface area contributed by atoms with Gasteiger partial charge in [0, 0.05) is 10.4 Å². The zero-order valence-electron chi connectivity index (χ0n) is 18.5. The first-order valence-electron chi connectivity index (χ1n) is 10.7. The average Bonchev–Trinajstić information content (AvgIpc) is 2.61. The van der Waals surface area contributed by atoms with Crippen molar-refractivity contribution in [1.29, 1.82) is 0 Å². The summed E-state index contributed by atoms with van der Waals surface area (Å²) in [6.07, 6.45) is 7.41. The van der Waals surface area contributed by atoms with Crippen LogP contribution in [0, 0.1) is 23.2 Å². The molecule has 166 valence electrons. The molecule has 1 rings (SSSR count). The van der Waals surface area contributed by atoms with Gasteiger partial charge in [-0.3, -0.25) is 4.79 Å². The van der Waals surface area contributed by atoms with Gasteiger partial charge >= 0.3 is 12.1 Å². The van der Waals surface area contributed by atoms with Gasteiger partial charge in [0.1, 0.15) is 6.61 Å². The number of carbonyl (C=O) groups is 2. The van der Waals surface area contributed by atoms with Crippen molar-refractivity contribution >= 4 is 23.7 Å². The normalized spacial score (nSPS) is 21.7. The van der Waals surface area contributed by atoms with Crippen molar-refractivity contribution < 1.29 is 24.2 Å². The highest BCUT2D eigenvalue weighted by atomic mass is 35.5. The molecular weight excluding hydrogens is 392 g/mol. The predicted octanol–water partition coefficient (Wildman–Crippen LogP) is 6.56. The summed E-state index contributed by atoms with van der Waals surface area (Å²) in [5.41, 5.74) is 0.0110. The monoisotopic (exact) mass is 428 g/mol. The number of ether oxygens (including phenoxy) is 2. The van der Waals surface area contributed by atoms with Crippen LogP contribution in [0.1, 0.15) is 73.1 Å². The summed E-state index contributed by atoms with van der Waals surface area (Å²) in [6.45, 7) is 10.7. The van der Waals surface area contributed by atoms with E-state index in [9.17, 15) is 14.7 Å². The third kappa shape index (κ3) is 7.69.